The molecule has 7 nitrogen and oxygen atoms in total. The van der Waals surface area contributed by atoms with Gasteiger partial charge in [-0.3, -0.25) is 9.59 Å². The Hall–Kier alpha value is -2.70. The standard InChI is InChI=1S/C17H24N4O3/c1-4-19-16(22)11-5-8-13(14(9-11)24-3)20-10(2)15(18)17(23)21-12-6-7-12/h5,8-9,12,20H,4,6-7,18H2,1-3H3,(H,19,22)(H,21,23). The molecule has 0 radical (unpaired) electrons. The zero-order chi connectivity index (χ0) is 17.7. The average Bonchev–Trinajstić information content (AvgIpc) is 3.38. The lowest BCUT2D eigenvalue weighted by atomic mass is 10.1. The van der Waals surface area contributed by atoms with Crippen LogP contribution in [0.2, 0.25) is 0 Å². The minimum Gasteiger partial charge on any atom is -0.495 e. The van der Waals surface area contributed by atoms with Gasteiger partial charge in [0.15, 0.2) is 0 Å². The van der Waals surface area contributed by atoms with Crippen molar-refractivity contribution in [2.45, 2.75) is 32.7 Å². The Bertz CT molecular complexity index is 666. The molecule has 1 aliphatic carbocycles. The zero-order valence-electron chi connectivity index (χ0n) is 14.2. The quantitative estimate of drug-likeness (QED) is 0.564. The van der Waals surface area contributed by atoms with Gasteiger partial charge < -0.3 is 26.4 Å². The molecule has 2 amide bonds. The van der Waals surface area contributed by atoms with E-state index in [4.69, 9.17) is 10.5 Å². The molecule has 0 atom stereocenters. The first-order valence-electron chi connectivity index (χ1n) is 7.96. The molecule has 1 aromatic carbocycles. The normalized spacial score (nSPS) is 14.5. The van der Waals surface area contributed by atoms with Gasteiger partial charge in [-0.05, 0) is 44.9 Å². The van der Waals surface area contributed by atoms with Crippen molar-refractivity contribution in [3.05, 3.63) is 35.2 Å². The summed E-state index contributed by atoms with van der Waals surface area (Å²) in [7, 11) is 1.52. The van der Waals surface area contributed by atoms with E-state index < -0.39 is 0 Å². The minimum absolute atomic E-state index is 0.136. The van der Waals surface area contributed by atoms with Crippen molar-refractivity contribution in [2.24, 2.45) is 5.73 Å². The van der Waals surface area contributed by atoms with E-state index in [1.165, 1.54) is 7.11 Å². The summed E-state index contributed by atoms with van der Waals surface area (Å²) >= 11 is 0. The van der Waals surface area contributed by atoms with Crippen LogP contribution < -0.4 is 26.4 Å². The number of ether oxygens (including phenoxy) is 1. The molecule has 0 aromatic heterocycles. The Balaban J connectivity index is 2.15. The van der Waals surface area contributed by atoms with Crippen molar-refractivity contribution in [3.63, 3.8) is 0 Å². The highest BCUT2D eigenvalue weighted by Gasteiger charge is 2.24. The summed E-state index contributed by atoms with van der Waals surface area (Å²) in [4.78, 5) is 23.9. The number of nitrogens with two attached hydrogens (primary N) is 1. The van der Waals surface area contributed by atoms with E-state index >= 15 is 0 Å². The third kappa shape index (κ3) is 4.41. The van der Waals surface area contributed by atoms with Gasteiger partial charge in [-0.25, -0.2) is 0 Å². The van der Waals surface area contributed by atoms with Crippen molar-refractivity contribution in [3.8, 4) is 5.75 Å². The second-order valence-electron chi connectivity index (χ2n) is 5.69. The molecule has 0 spiro atoms. The lowest BCUT2D eigenvalue weighted by molar-refractivity contribution is -0.117. The van der Waals surface area contributed by atoms with Crippen molar-refractivity contribution in [2.75, 3.05) is 19.0 Å². The molecule has 0 saturated heterocycles. The van der Waals surface area contributed by atoms with E-state index in [0.29, 0.717) is 29.2 Å². The molecule has 24 heavy (non-hydrogen) atoms. The van der Waals surface area contributed by atoms with Crippen molar-refractivity contribution in [1.82, 2.24) is 10.6 Å². The number of hydrogen-bond donors (Lipinski definition) is 4. The van der Waals surface area contributed by atoms with Gasteiger partial charge in [0.05, 0.1) is 12.8 Å². The van der Waals surface area contributed by atoms with E-state index in [-0.39, 0.29) is 23.6 Å². The largest absolute Gasteiger partial charge is 0.495 e. The number of hydrogen-bond acceptors (Lipinski definition) is 5. The van der Waals surface area contributed by atoms with Gasteiger partial charge in [0.1, 0.15) is 11.4 Å². The molecule has 0 aliphatic heterocycles. The summed E-state index contributed by atoms with van der Waals surface area (Å²) in [5.74, 6) is 0.0480. The number of carbonyl (C=O) groups is 2. The van der Waals surface area contributed by atoms with Gasteiger partial charge in [0.25, 0.3) is 11.8 Å². The predicted octanol–water partition coefficient (Wildman–Crippen LogP) is 1.33. The van der Waals surface area contributed by atoms with Gasteiger partial charge in [-0.15, -0.1) is 0 Å². The number of carbonyl (C=O) groups excluding carboxylic acids is 2. The molecule has 0 unspecified atom stereocenters. The maximum atomic E-state index is 12.0. The first kappa shape index (κ1) is 17.7. The molecule has 5 N–H and O–H groups in total. The fraction of sp³-hybridized carbons (Fsp3) is 0.412. The average molecular weight is 332 g/mol. The molecule has 0 heterocycles. The number of nitrogens with one attached hydrogen (secondary N) is 3. The van der Waals surface area contributed by atoms with Crippen LogP contribution in [0.3, 0.4) is 0 Å². The fourth-order valence-electron chi connectivity index (χ4n) is 2.13. The number of anilines is 1. The number of benzene rings is 1. The Labute approximate surface area is 141 Å². The Kier molecular flexibility index (Phi) is 5.68. The summed E-state index contributed by atoms with van der Waals surface area (Å²) < 4.78 is 5.32. The minimum atomic E-state index is -0.277. The maximum Gasteiger partial charge on any atom is 0.269 e. The third-order valence-corrected chi connectivity index (χ3v) is 3.68. The lowest BCUT2D eigenvalue weighted by Gasteiger charge is -2.15. The van der Waals surface area contributed by atoms with E-state index in [9.17, 15) is 9.59 Å². The van der Waals surface area contributed by atoms with E-state index in [0.717, 1.165) is 12.8 Å². The molecule has 1 aliphatic rings. The van der Waals surface area contributed by atoms with E-state index in [1.807, 2.05) is 6.92 Å². The molecule has 130 valence electrons. The lowest BCUT2D eigenvalue weighted by Crippen LogP contribution is -2.32. The predicted molar refractivity (Wildman–Crippen MR) is 92.7 cm³/mol. The highest BCUT2D eigenvalue weighted by atomic mass is 16.5. The van der Waals surface area contributed by atoms with Crippen LogP contribution in [0.1, 0.15) is 37.0 Å². The molecular formula is C17H24N4O3. The van der Waals surface area contributed by atoms with Gasteiger partial charge in [0, 0.05) is 23.8 Å². The first-order valence-corrected chi connectivity index (χ1v) is 7.96. The Morgan fingerprint density at radius 1 is 1.33 bits per heavy atom. The maximum absolute atomic E-state index is 12.0. The number of rotatable bonds is 7. The summed E-state index contributed by atoms with van der Waals surface area (Å²) in [6, 6.07) is 5.29. The highest BCUT2D eigenvalue weighted by molar-refractivity contribution is 5.96. The van der Waals surface area contributed by atoms with Gasteiger partial charge in [-0.1, -0.05) is 0 Å². The van der Waals surface area contributed by atoms with E-state index in [2.05, 4.69) is 16.0 Å². The van der Waals surface area contributed by atoms with Gasteiger partial charge >= 0.3 is 0 Å². The fourth-order valence-corrected chi connectivity index (χ4v) is 2.13. The number of amides is 2. The van der Waals surface area contributed by atoms with Crippen molar-refractivity contribution < 1.29 is 14.3 Å². The van der Waals surface area contributed by atoms with Crippen LogP contribution in [0.4, 0.5) is 5.69 Å². The summed E-state index contributed by atoms with van der Waals surface area (Å²) in [6.45, 7) is 4.13. The van der Waals surface area contributed by atoms with Crippen LogP contribution in [0.25, 0.3) is 0 Å². The Morgan fingerprint density at radius 3 is 2.62 bits per heavy atom. The Morgan fingerprint density at radius 2 is 2.04 bits per heavy atom. The summed E-state index contributed by atoms with van der Waals surface area (Å²) in [5.41, 5.74) is 7.69. The molecule has 7 heteroatoms. The van der Waals surface area contributed by atoms with Gasteiger partial charge in [-0.2, -0.15) is 0 Å². The molecule has 1 fully saturated rings. The van der Waals surface area contributed by atoms with E-state index in [1.54, 1.807) is 25.1 Å². The molecule has 0 bridgehead atoms. The number of methoxy groups -OCH3 is 1. The summed E-state index contributed by atoms with van der Waals surface area (Å²) in [5, 5.41) is 8.65. The van der Waals surface area contributed by atoms with Crippen molar-refractivity contribution in [1.29, 1.82) is 0 Å². The first-order chi connectivity index (χ1) is 11.5. The van der Waals surface area contributed by atoms with Crippen LogP contribution in [0, 0.1) is 0 Å². The SMILES string of the molecule is CCNC(=O)c1ccc(NC(C)=C(N)C(=O)NC2CC2)c(OC)c1. The van der Waals surface area contributed by atoms with Crippen LogP contribution in [0.5, 0.6) is 5.75 Å². The van der Waals surface area contributed by atoms with Crippen LogP contribution in [-0.4, -0.2) is 31.5 Å². The van der Waals surface area contributed by atoms with Crippen LogP contribution in [-0.2, 0) is 4.79 Å². The molecule has 2 rings (SSSR count). The third-order valence-electron chi connectivity index (χ3n) is 3.68. The van der Waals surface area contributed by atoms with Crippen LogP contribution >= 0.6 is 0 Å². The smallest absolute Gasteiger partial charge is 0.269 e. The highest BCUT2D eigenvalue weighted by Crippen LogP contribution is 2.27. The topological polar surface area (TPSA) is 105 Å². The molecule has 1 saturated carbocycles. The van der Waals surface area contributed by atoms with Crippen molar-refractivity contribution >= 4 is 17.5 Å². The second kappa shape index (κ2) is 7.72. The summed E-state index contributed by atoms with van der Waals surface area (Å²) in [6.07, 6.45) is 2.00. The second-order valence-corrected chi connectivity index (χ2v) is 5.69. The number of allylic oxidation sites excluding steroid dienone is 1. The molecule has 1 aromatic rings. The van der Waals surface area contributed by atoms with Crippen LogP contribution in [0.15, 0.2) is 29.6 Å². The zero-order valence-corrected chi connectivity index (χ0v) is 14.2. The molecular weight excluding hydrogens is 308 g/mol. The van der Waals surface area contributed by atoms with Gasteiger partial charge in [0.2, 0.25) is 0 Å². The monoisotopic (exact) mass is 332 g/mol.